The topological polar surface area (TPSA) is 74.6 Å². The molecular formula is C18H29N3O3. The van der Waals surface area contributed by atoms with Gasteiger partial charge in [-0.25, -0.2) is 0 Å². The number of amides is 2. The fourth-order valence-corrected chi connectivity index (χ4v) is 2.97. The van der Waals surface area contributed by atoms with E-state index >= 15 is 0 Å². The highest BCUT2D eigenvalue weighted by molar-refractivity contribution is 5.82. The van der Waals surface area contributed by atoms with Crippen molar-refractivity contribution in [3.63, 3.8) is 0 Å². The summed E-state index contributed by atoms with van der Waals surface area (Å²) < 4.78 is 5.52. The molecule has 134 valence electrons. The molecule has 0 aliphatic heterocycles. The van der Waals surface area contributed by atoms with Gasteiger partial charge in [-0.05, 0) is 37.6 Å². The summed E-state index contributed by atoms with van der Waals surface area (Å²) in [6.45, 7) is 8.91. The number of hydrogen-bond acceptors (Lipinski definition) is 4. The third-order valence-electron chi connectivity index (χ3n) is 4.71. The van der Waals surface area contributed by atoms with Gasteiger partial charge in [0.25, 0.3) is 0 Å². The zero-order valence-electron chi connectivity index (χ0n) is 14.9. The fraction of sp³-hybridized carbons (Fsp3) is 0.667. The minimum Gasteiger partial charge on any atom is -0.468 e. The van der Waals surface area contributed by atoms with Gasteiger partial charge in [-0.1, -0.05) is 20.8 Å². The Kier molecular flexibility index (Phi) is 6.85. The maximum atomic E-state index is 12.0. The second-order valence-electron chi connectivity index (χ2n) is 6.42. The molecule has 1 aliphatic rings. The monoisotopic (exact) mass is 335 g/mol. The molecule has 0 radical (unpaired) electrons. The third-order valence-corrected chi connectivity index (χ3v) is 4.71. The Hall–Kier alpha value is -1.82. The average Bonchev–Trinajstić information content (AvgIpc) is 3.08. The molecule has 1 fully saturated rings. The number of furan rings is 1. The quantitative estimate of drug-likeness (QED) is 0.685. The van der Waals surface area contributed by atoms with Crippen LogP contribution in [0.25, 0.3) is 0 Å². The maximum absolute atomic E-state index is 12.0. The van der Waals surface area contributed by atoms with Crippen molar-refractivity contribution in [2.45, 2.75) is 39.7 Å². The van der Waals surface area contributed by atoms with Gasteiger partial charge < -0.3 is 15.1 Å². The van der Waals surface area contributed by atoms with Crippen LogP contribution in [0, 0.1) is 11.8 Å². The van der Waals surface area contributed by atoms with Gasteiger partial charge in [0.05, 0.1) is 12.3 Å². The van der Waals surface area contributed by atoms with E-state index in [1.165, 1.54) is 0 Å². The second-order valence-corrected chi connectivity index (χ2v) is 6.42. The van der Waals surface area contributed by atoms with Crippen LogP contribution in [-0.4, -0.2) is 42.9 Å². The first kappa shape index (κ1) is 18.5. The summed E-state index contributed by atoms with van der Waals surface area (Å²) in [6.07, 6.45) is 2.92. The molecule has 0 aromatic carbocycles. The predicted octanol–water partition coefficient (Wildman–Crippen LogP) is 1.94. The highest BCUT2D eigenvalue weighted by Crippen LogP contribution is 2.37. The minimum absolute atomic E-state index is 0.0286. The zero-order chi connectivity index (χ0) is 17.5. The van der Waals surface area contributed by atoms with Gasteiger partial charge in [-0.2, -0.15) is 0 Å². The lowest BCUT2D eigenvalue weighted by molar-refractivity contribution is -0.123. The number of nitrogens with one attached hydrogen (secondary N) is 2. The van der Waals surface area contributed by atoms with E-state index in [1.54, 1.807) is 6.26 Å². The van der Waals surface area contributed by atoms with Crippen LogP contribution >= 0.6 is 0 Å². The maximum Gasteiger partial charge on any atom is 0.223 e. The molecule has 0 bridgehead atoms. The van der Waals surface area contributed by atoms with Crippen molar-refractivity contribution < 1.29 is 14.0 Å². The highest BCUT2D eigenvalue weighted by atomic mass is 16.3. The molecule has 2 rings (SSSR count). The summed E-state index contributed by atoms with van der Waals surface area (Å²) in [5, 5.41) is 5.79. The Balaban J connectivity index is 1.74. The van der Waals surface area contributed by atoms with Crippen LogP contribution in [0.1, 0.15) is 45.4 Å². The molecule has 1 heterocycles. The largest absolute Gasteiger partial charge is 0.468 e. The minimum atomic E-state index is -0.0529. The molecule has 2 amide bonds. The van der Waals surface area contributed by atoms with Crippen molar-refractivity contribution in [3.05, 3.63) is 24.2 Å². The molecule has 2 N–H and O–H groups in total. The molecule has 6 nitrogen and oxygen atoms in total. The van der Waals surface area contributed by atoms with Gasteiger partial charge in [0.2, 0.25) is 11.8 Å². The fourth-order valence-electron chi connectivity index (χ4n) is 2.97. The molecule has 24 heavy (non-hydrogen) atoms. The van der Waals surface area contributed by atoms with E-state index in [1.807, 2.05) is 12.1 Å². The molecule has 1 saturated carbocycles. The summed E-state index contributed by atoms with van der Waals surface area (Å²) in [5.74, 6) is 1.52. The number of carbonyl (C=O) groups is 2. The molecule has 6 heteroatoms. The van der Waals surface area contributed by atoms with Gasteiger partial charge in [0.1, 0.15) is 5.76 Å². The Morgan fingerprint density at radius 1 is 1.33 bits per heavy atom. The Morgan fingerprint density at radius 3 is 2.58 bits per heavy atom. The van der Waals surface area contributed by atoms with Gasteiger partial charge >= 0.3 is 0 Å². The lowest BCUT2D eigenvalue weighted by atomic mass is 10.2. The summed E-state index contributed by atoms with van der Waals surface area (Å²) in [5.41, 5.74) is 0. The first-order valence-corrected chi connectivity index (χ1v) is 8.88. The normalized spacial score (nSPS) is 20.7. The summed E-state index contributed by atoms with van der Waals surface area (Å²) >= 11 is 0. The molecule has 1 aliphatic carbocycles. The summed E-state index contributed by atoms with van der Waals surface area (Å²) in [7, 11) is 0. The molecule has 1 aromatic rings. The van der Waals surface area contributed by atoms with E-state index in [2.05, 4.69) is 36.3 Å². The van der Waals surface area contributed by atoms with Crippen LogP contribution < -0.4 is 10.6 Å². The van der Waals surface area contributed by atoms with Crippen LogP contribution in [0.15, 0.2) is 22.8 Å². The Bertz CT molecular complexity index is 526. The van der Waals surface area contributed by atoms with Gasteiger partial charge in [0.15, 0.2) is 0 Å². The van der Waals surface area contributed by atoms with Crippen molar-refractivity contribution >= 4 is 11.8 Å². The van der Waals surface area contributed by atoms with E-state index in [9.17, 15) is 9.59 Å². The van der Waals surface area contributed by atoms with Crippen LogP contribution in [0.3, 0.4) is 0 Å². The van der Waals surface area contributed by atoms with Crippen LogP contribution in [0.4, 0.5) is 0 Å². The first-order chi connectivity index (χ1) is 11.6. The lowest BCUT2D eigenvalue weighted by Crippen LogP contribution is -2.39. The third kappa shape index (κ3) is 5.09. The van der Waals surface area contributed by atoms with E-state index < -0.39 is 0 Å². The van der Waals surface area contributed by atoms with Crippen molar-refractivity contribution in [1.82, 2.24) is 15.5 Å². The van der Waals surface area contributed by atoms with E-state index in [0.717, 1.165) is 25.3 Å². The van der Waals surface area contributed by atoms with Crippen molar-refractivity contribution in [1.29, 1.82) is 0 Å². The van der Waals surface area contributed by atoms with E-state index in [4.69, 9.17) is 4.42 Å². The first-order valence-electron chi connectivity index (χ1n) is 8.88. The lowest BCUT2D eigenvalue weighted by Gasteiger charge is -2.28. The van der Waals surface area contributed by atoms with Gasteiger partial charge in [0, 0.05) is 25.4 Å². The summed E-state index contributed by atoms with van der Waals surface area (Å²) in [6, 6.07) is 3.83. The van der Waals surface area contributed by atoms with Crippen molar-refractivity contribution in [2.24, 2.45) is 11.8 Å². The molecule has 3 unspecified atom stereocenters. The van der Waals surface area contributed by atoms with Crippen LogP contribution in [-0.2, 0) is 9.59 Å². The molecular weight excluding hydrogens is 306 g/mol. The predicted molar refractivity (Wildman–Crippen MR) is 92.3 cm³/mol. The molecule has 3 atom stereocenters. The summed E-state index contributed by atoms with van der Waals surface area (Å²) in [4.78, 5) is 26.0. The Labute approximate surface area is 144 Å². The number of likely N-dealkylation sites (N-methyl/N-ethyl adjacent to an activating group) is 1. The Morgan fingerprint density at radius 2 is 2.04 bits per heavy atom. The zero-order valence-corrected chi connectivity index (χ0v) is 14.9. The van der Waals surface area contributed by atoms with E-state index in [-0.39, 0.29) is 23.8 Å². The molecule has 0 spiro atoms. The standard InChI is InChI=1S/C18H29N3O3/c1-4-21(5-2)15(16-7-6-10-24-16)12-20-17(22)8-9-19-18(23)14-11-13(14)3/h6-7,10,13-15H,4-5,8-9,11-12H2,1-3H3,(H,19,23)(H,20,22). The van der Waals surface area contributed by atoms with Crippen molar-refractivity contribution in [2.75, 3.05) is 26.2 Å². The smallest absolute Gasteiger partial charge is 0.223 e. The van der Waals surface area contributed by atoms with E-state index in [0.29, 0.717) is 25.4 Å². The SMILES string of the molecule is CCN(CC)C(CNC(=O)CCNC(=O)C1CC1C)c1ccco1. The van der Waals surface area contributed by atoms with Gasteiger partial charge in [-0.15, -0.1) is 0 Å². The number of rotatable bonds is 10. The number of hydrogen-bond donors (Lipinski definition) is 2. The van der Waals surface area contributed by atoms with Crippen LogP contribution in [0.5, 0.6) is 0 Å². The van der Waals surface area contributed by atoms with Gasteiger partial charge in [-0.3, -0.25) is 14.5 Å². The van der Waals surface area contributed by atoms with Crippen molar-refractivity contribution in [3.8, 4) is 0 Å². The van der Waals surface area contributed by atoms with Crippen LogP contribution in [0.2, 0.25) is 0 Å². The number of carbonyl (C=O) groups excluding carboxylic acids is 2. The molecule has 0 saturated heterocycles. The number of nitrogens with zero attached hydrogens (tertiary/aromatic N) is 1. The average molecular weight is 335 g/mol. The second kappa shape index (κ2) is 8.87. The molecule has 1 aromatic heterocycles. The highest BCUT2D eigenvalue weighted by Gasteiger charge is 2.38.